The summed E-state index contributed by atoms with van der Waals surface area (Å²) in [7, 11) is 1.60. The molecule has 0 fully saturated rings. The monoisotopic (exact) mass is 378 g/mol. The van der Waals surface area contributed by atoms with Gasteiger partial charge >= 0.3 is 0 Å². The Bertz CT molecular complexity index is 581. The molecule has 0 saturated carbocycles. The third-order valence-electron chi connectivity index (χ3n) is 4.41. The van der Waals surface area contributed by atoms with Gasteiger partial charge in [-0.2, -0.15) is 0 Å². The Balaban J connectivity index is 2.69. The number of carbonyl (C=O) groups excluding carboxylic acids is 1. The molecule has 2 N–H and O–H groups in total. The standard InChI is InChI=1S/C21H35N3O3/c1-7-24(8-2)15-9-10-17(5)22-21(27-16(3)4)23-20(25)18-11-13-19(26-6)14-12-18/h11-14,16-17H,7-10,15H2,1-6H3,(H,22,23,25)/p+1/t17-/m0/s1. The lowest BCUT2D eigenvalue weighted by Gasteiger charge is -2.17. The molecule has 1 rings (SSSR count). The summed E-state index contributed by atoms with van der Waals surface area (Å²) in [5, 5.41) is 2.80. The number of hydrogen-bond acceptors (Lipinski definition) is 4. The zero-order valence-electron chi connectivity index (χ0n) is 17.7. The van der Waals surface area contributed by atoms with E-state index in [1.807, 2.05) is 13.8 Å². The number of ether oxygens (including phenoxy) is 2. The van der Waals surface area contributed by atoms with Crippen LogP contribution in [0.2, 0.25) is 0 Å². The van der Waals surface area contributed by atoms with Crippen LogP contribution in [0.1, 0.15) is 57.8 Å². The Morgan fingerprint density at radius 1 is 1.15 bits per heavy atom. The van der Waals surface area contributed by atoms with Gasteiger partial charge in [0.1, 0.15) is 5.75 Å². The first-order valence-electron chi connectivity index (χ1n) is 9.92. The third-order valence-corrected chi connectivity index (χ3v) is 4.41. The molecule has 1 amide bonds. The second-order valence-electron chi connectivity index (χ2n) is 6.98. The van der Waals surface area contributed by atoms with Crippen molar-refractivity contribution in [2.75, 3.05) is 26.7 Å². The van der Waals surface area contributed by atoms with Crippen LogP contribution in [-0.4, -0.2) is 50.8 Å². The van der Waals surface area contributed by atoms with E-state index in [2.05, 4.69) is 31.1 Å². The lowest BCUT2D eigenvalue weighted by molar-refractivity contribution is -0.896. The predicted molar refractivity (Wildman–Crippen MR) is 110 cm³/mol. The summed E-state index contributed by atoms with van der Waals surface area (Å²) < 4.78 is 10.8. The van der Waals surface area contributed by atoms with E-state index in [-0.39, 0.29) is 24.1 Å². The molecule has 6 nitrogen and oxygen atoms in total. The van der Waals surface area contributed by atoms with Crippen molar-refractivity contribution in [3.63, 3.8) is 0 Å². The molecular weight excluding hydrogens is 342 g/mol. The number of rotatable bonds is 10. The van der Waals surface area contributed by atoms with Crippen LogP contribution < -0.4 is 15.0 Å². The summed E-state index contributed by atoms with van der Waals surface area (Å²) in [5.41, 5.74) is 0.536. The lowest BCUT2D eigenvalue weighted by Crippen LogP contribution is -3.11. The van der Waals surface area contributed by atoms with Crippen LogP contribution in [0.15, 0.2) is 29.3 Å². The van der Waals surface area contributed by atoms with Gasteiger partial charge in [0.15, 0.2) is 0 Å². The minimum absolute atomic E-state index is 0.0627. The van der Waals surface area contributed by atoms with E-state index < -0.39 is 0 Å². The summed E-state index contributed by atoms with van der Waals surface area (Å²) >= 11 is 0. The first-order chi connectivity index (χ1) is 12.9. The topological polar surface area (TPSA) is 64.4 Å². The molecule has 1 aromatic rings. The number of benzene rings is 1. The molecule has 6 heteroatoms. The normalized spacial score (nSPS) is 13.0. The van der Waals surface area contributed by atoms with Crippen molar-refractivity contribution in [2.24, 2.45) is 4.99 Å². The number of hydrogen-bond donors (Lipinski definition) is 2. The largest absolute Gasteiger partial charge is 0.497 e. The van der Waals surface area contributed by atoms with E-state index in [0.29, 0.717) is 11.3 Å². The minimum Gasteiger partial charge on any atom is -0.497 e. The fourth-order valence-electron chi connectivity index (χ4n) is 2.74. The molecule has 0 aliphatic carbocycles. The average molecular weight is 379 g/mol. The second kappa shape index (κ2) is 12.3. The first kappa shape index (κ1) is 23.0. The Morgan fingerprint density at radius 3 is 2.30 bits per heavy atom. The van der Waals surface area contributed by atoms with E-state index >= 15 is 0 Å². The molecule has 0 unspecified atom stereocenters. The van der Waals surface area contributed by atoms with E-state index in [4.69, 9.17) is 9.47 Å². The minimum atomic E-state index is -0.239. The van der Waals surface area contributed by atoms with Gasteiger partial charge in [0.05, 0.1) is 38.9 Å². The third kappa shape index (κ3) is 8.91. The number of carbonyl (C=O) groups is 1. The summed E-state index contributed by atoms with van der Waals surface area (Å²) in [6, 6.07) is 7.33. The molecule has 0 spiro atoms. The van der Waals surface area contributed by atoms with Gasteiger partial charge in [-0.25, -0.2) is 4.99 Å². The molecule has 0 aliphatic heterocycles. The van der Waals surface area contributed by atoms with E-state index in [9.17, 15) is 4.79 Å². The Kier molecular flexibility index (Phi) is 10.5. The zero-order valence-corrected chi connectivity index (χ0v) is 17.7. The van der Waals surface area contributed by atoms with E-state index in [1.54, 1.807) is 36.3 Å². The van der Waals surface area contributed by atoms with Crippen molar-refractivity contribution in [3.05, 3.63) is 29.8 Å². The van der Waals surface area contributed by atoms with Gasteiger partial charge in [0.2, 0.25) is 0 Å². The zero-order chi connectivity index (χ0) is 20.2. The van der Waals surface area contributed by atoms with Crippen molar-refractivity contribution in [1.82, 2.24) is 5.32 Å². The molecule has 1 aromatic carbocycles. The molecule has 152 valence electrons. The number of amides is 1. The molecule has 0 aliphatic rings. The van der Waals surface area contributed by atoms with Crippen molar-refractivity contribution >= 4 is 11.9 Å². The van der Waals surface area contributed by atoms with Gasteiger partial charge in [-0.15, -0.1) is 0 Å². The van der Waals surface area contributed by atoms with Crippen molar-refractivity contribution in [1.29, 1.82) is 0 Å². The fraction of sp³-hybridized carbons (Fsp3) is 0.619. The summed E-state index contributed by atoms with van der Waals surface area (Å²) in [6.45, 7) is 13.8. The van der Waals surface area contributed by atoms with Crippen LogP contribution in [-0.2, 0) is 4.74 Å². The summed E-state index contributed by atoms with van der Waals surface area (Å²) in [4.78, 5) is 18.7. The Hall–Kier alpha value is -2.08. The molecule has 27 heavy (non-hydrogen) atoms. The Labute approximate surface area is 163 Å². The number of aliphatic imine (C=N–C) groups is 1. The first-order valence-corrected chi connectivity index (χ1v) is 9.92. The second-order valence-corrected chi connectivity index (χ2v) is 6.98. The Morgan fingerprint density at radius 2 is 1.78 bits per heavy atom. The molecule has 0 radical (unpaired) electrons. The molecule has 1 atom stereocenters. The SMILES string of the molecule is CC[NH+](CC)CCC[C@H](C)N=C(NC(=O)c1ccc(OC)cc1)OC(C)C. The van der Waals surface area contributed by atoms with E-state index in [1.165, 1.54) is 0 Å². The highest BCUT2D eigenvalue weighted by Gasteiger charge is 2.14. The average Bonchev–Trinajstić information content (AvgIpc) is 2.64. The highest BCUT2D eigenvalue weighted by molar-refractivity contribution is 6.04. The van der Waals surface area contributed by atoms with Crippen molar-refractivity contribution in [3.8, 4) is 5.75 Å². The van der Waals surface area contributed by atoms with Crippen LogP contribution in [0.25, 0.3) is 0 Å². The van der Waals surface area contributed by atoms with Crippen LogP contribution in [0, 0.1) is 0 Å². The molecule has 0 heterocycles. The summed E-state index contributed by atoms with van der Waals surface area (Å²) in [5.74, 6) is 0.472. The maximum absolute atomic E-state index is 12.5. The molecule has 0 saturated heterocycles. The fourth-order valence-corrected chi connectivity index (χ4v) is 2.74. The van der Waals surface area contributed by atoms with Crippen LogP contribution in [0.3, 0.4) is 0 Å². The van der Waals surface area contributed by atoms with Gasteiger partial charge in [-0.1, -0.05) is 0 Å². The van der Waals surface area contributed by atoms with Gasteiger partial charge < -0.3 is 14.4 Å². The van der Waals surface area contributed by atoms with Gasteiger partial charge in [0, 0.05) is 5.56 Å². The number of nitrogens with one attached hydrogen (secondary N) is 2. The van der Waals surface area contributed by atoms with Crippen LogP contribution in [0.4, 0.5) is 0 Å². The van der Waals surface area contributed by atoms with Crippen LogP contribution in [0.5, 0.6) is 5.75 Å². The van der Waals surface area contributed by atoms with Gasteiger partial charge in [-0.3, -0.25) is 10.1 Å². The highest BCUT2D eigenvalue weighted by Crippen LogP contribution is 2.11. The molecule has 0 bridgehead atoms. The van der Waals surface area contributed by atoms with Crippen molar-refractivity contribution < 1.29 is 19.2 Å². The lowest BCUT2D eigenvalue weighted by atomic mass is 10.2. The summed E-state index contributed by atoms with van der Waals surface area (Å²) in [6.07, 6.45) is 2.00. The molecular formula is C21H36N3O3+. The maximum Gasteiger partial charge on any atom is 0.292 e. The van der Waals surface area contributed by atoms with Crippen LogP contribution >= 0.6 is 0 Å². The number of amidine groups is 1. The van der Waals surface area contributed by atoms with Crippen molar-refractivity contribution in [2.45, 2.75) is 59.6 Å². The highest BCUT2D eigenvalue weighted by atomic mass is 16.5. The molecule has 0 aromatic heterocycles. The van der Waals surface area contributed by atoms with Gasteiger partial charge in [0.25, 0.3) is 11.9 Å². The quantitative estimate of drug-likeness (QED) is 0.485. The number of nitrogens with zero attached hydrogens (tertiary/aromatic N) is 1. The predicted octanol–water partition coefficient (Wildman–Crippen LogP) is 2.30. The smallest absolute Gasteiger partial charge is 0.292 e. The number of methoxy groups -OCH3 is 1. The van der Waals surface area contributed by atoms with Gasteiger partial charge in [-0.05, 0) is 71.7 Å². The number of quaternary nitrogens is 1. The maximum atomic E-state index is 12.5. The van der Waals surface area contributed by atoms with E-state index in [0.717, 1.165) is 32.5 Å².